The Bertz CT molecular complexity index is 466. The van der Waals surface area contributed by atoms with E-state index in [1.807, 2.05) is 26.0 Å². The second kappa shape index (κ2) is 5.87. The summed E-state index contributed by atoms with van der Waals surface area (Å²) in [6.07, 6.45) is 2.50. The summed E-state index contributed by atoms with van der Waals surface area (Å²) in [6, 6.07) is 6.67. The van der Waals surface area contributed by atoms with Gasteiger partial charge in [0, 0.05) is 18.2 Å². The summed E-state index contributed by atoms with van der Waals surface area (Å²) in [5.74, 6) is 0.977. The number of carbonyl (C=O) groups excluding carboxylic acids is 1. The Labute approximate surface area is 116 Å². The van der Waals surface area contributed by atoms with E-state index in [0.717, 1.165) is 23.2 Å². The van der Waals surface area contributed by atoms with Crippen LogP contribution in [-0.4, -0.2) is 29.8 Å². The van der Waals surface area contributed by atoms with Crippen LogP contribution in [0.5, 0.6) is 0 Å². The Kier molecular flexibility index (Phi) is 4.41. The number of benzene rings is 1. The molecule has 2 nitrogen and oxygen atoms in total. The van der Waals surface area contributed by atoms with E-state index in [1.165, 1.54) is 12.8 Å². The molecule has 0 radical (unpaired) electrons. The van der Waals surface area contributed by atoms with Gasteiger partial charge >= 0.3 is 0 Å². The van der Waals surface area contributed by atoms with E-state index in [2.05, 4.69) is 24.8 Å². The highest BCUT2D eigenvalue weighted by molar-refractivity contribution is 5.99. The third kappa shape index (κ3) is 3.44. The Morgan fingerprint density at radius 2 is 2.00 bits per heavy atom. The highest BCUT2D eigenvalue weighted by Gasteiger charge is 2.25. The first-order chi connectivity index (χ1) is 8.97. The van der Waals surface area contributed by atoms with Crippen LogP contribution < -0.4 is 0 Å². The standard InChI is InChI=1S/C17H25NO/c1-12-5-7-14(3)16(9-12)17(19)11-18-10-13(2)6-8-15(18)4/h5,7,9,13,15H,6,8,10-11H2,1-4H3. The highest BCUT2D eigenvalue weighted by atomic mass is 16.1. The number of piperidine rings is 1. The summed E-state index contributed by atoms with van der Waals surface area (Å²) in [4.78, 5) is 14.8. The molecular weight excluding hydrogens is 234 g/mol. The number of hydrogen-bond acceptors (Lipinski definition) is 2. The molecule has 0 spiro atoms. The highest BCUT2D eigenvalue weighted by Crippen LogP contribution is 2.22. The topological polar surface area (TPSA) is 20.3 Å². The lowest BCUT2D eigenvalue weighted by Crippen LogP contribution is -2.43. The molecule has 1 saturated heterocycles. The maximum absolute atomic E-state index is 12.5. The number of aryl methyl sites for hydroxylation is 2. The van der Waals surface area contributed by atoms with Gasteiger partial charge in [-0.15, -0.1) is 0 Å². The molecule has 104 valence electrons. The Balaban J connectivity index is 2.10. The zero-order valence-electron chi connectivity index (χ0n) is 12.6. The summed E-state index contributed by atoms with van der Waals surface area (Å²) in [5.41, 5.74) is 3.15. The molecule has 19 heavy (non-hydrogen) atoms. The van der Waals surface area contributed by atoms with Crippen molar-refractivity contribution in [2.45, 2.75) is 46.6 Å². The number of rotatable bonds is 3. The monoisotopic (exact) mass is 259 g/mol. The van der Waals surface area contributed by atoms with Gasteiger partial charge in [0.2, 0.25) is 0 Å². The van der Waals surface area contributed by atoms with E-state index in [-0.39, 0.29) is 5.78 Å². The van der Waals surface area contributed by atoms with Crippen LogP contribution in [0.1, 0.15) is 48.2 Å². The molecule has 0 bridgehead atoms. The second-order valence-electron chi connectivity index (χ2n) is 6.20. The molecule has 0 aliphatic carbocycles. The minimum Gasteiger partial charge on any atom is -0.293 e. The predicted molar refractivity (Wildman–Crippen MR) is 79.7 cm³/mol. The lowest BCUT2D eigenvalue weighted by atomic mass is 9.94. The van der Waals surface area contributed by atoms with E-state index >= 15 is 0 Å². The molecule has 0 saturated carbocycles. The van der Waals surface area contributed by atoms with Gasteiger partial charge in [0.15, 0.2) is 5.78 Å². The third-order valence-electron chi connectivity index (χ3n) is 4.29. The van der Waals surface area contributed by atoms with E-state index in [1.54, 1.807) is 0 Å². The van der Waals surface area contributed by atoms with Crippen molar-refractivity contribution in [3.63, 3.8) is 0 Å². The van der Waals surface area contributed by atoms with Crippen molar-refractivity contribution in [1.29, 1.82) is 0 Å². The van der Waals surface area contributed by atoms with Gasteiger partial charge in [0.1, 0.15) is 0 Å². The minimum absolute atomic E-state index is 0.266. The maximum atomic E-state index is 12.5. The zero-order valence-corrected chi connectivity index (χ0v) is 12.6. The molecule has 1 heterocycles. The fourth-order valence-electron chi connectivity index (χ4n) is 2.91. The van der Waals surface area contributed by atoms with Crippen LogP contribution in [-0.2, 0) is 0 Å². The summed E-state index contributed by atoms with van der Waals surface area (Å²) in [6.45, 7) is 10.2. The van der Waals surface area contributed by atoms with Gasteiger partial charge in [-0.3, -0.25) is 9.69 Å². The van der Waals surface area contributed by atoms with Gasteiger partial charge in [-0.1, -0.05) is 24.6 Å². The van der Waals surface area contributed by atoms with Crippen molar-refractivity contribution >= 4 is 5.78 Å². The van der Waals surface area contributed by atoms with Gasteiger partial charge in [-0.05, 0) is 51.2 Å². The molecular formula is C17H25NO. The van der Waals surface area contributed by atoms with Gasteiger partial charge in [-0.25, -0.2) is 0 Å². The van der Waals surface area contributed by atoms with Crippen molar-refractivity contribution in [3.05, 3.63) is 34.9 Å². The first kappa shape index (κ1) is 14.3. The molecule has 2 atom stereocenters. The van der Waals surface area contributed by atoms with Crippen molar-refractivity contribution in [2.24, 2.45) is 5.92 Å². The molecule has 0 N–H and O–H groups in total. The van der Waals surface area contributed by atoms with Crippen LogP contribution in [0.2, 0.25) is 0 Å². The number of carbonyl (C=O) groups is 1. The third-order valence-corrected chi connectivity index (χ3v) is 4.29. The van der Waals surface area contributed by atoms with Gasteiger partial charge in [0.25, 0.3) is 0 Å². The quantitative estimate of drug-likeness (QED) is 0.773. The molecule has 1 fully saturated rings. The van der Waals surface area contributed by atoms with Crippen LogP contribution in [0.3, 0.4) is 0 Å². The minimum atomic E-state index is 0.266. The van der Waals surface area contributed by atoms with Crippen LogP contribution in [0, 0.1) is 19.8 Å². The Morgan fingerprint density at radius 3 is 2.74 bits per heavy atom. The lowest BCUT2D eigenvalue weighted by Gasteiger charge is -2.36. The number of ketones is 1. The summed E-state index contributed by atoms with van der Waals surface area (Å²) in [7, 11) is 0. The van der Waals surface area contributed by atoms with Crippen molar-refractivity contribution in [3.8, 4) is 0 Å². The smallest absolute Gasteiger partial charge is 0.177 e. The Hall–Kier alpha value is -1.15. The summed E-state index contributed by atoms with van der Waals surface area (Å²) < 4.78 is 0. The molecule has 1 aromatic carbocycles. The van der Waals surface area contributed by atoms with E-state index in [0.29, 0.717) is 18.5 Å². The molecule has 0 aromatic heterocycles. The maximum Gasteiger partial charge on any atom is 0.177 e. The number of likely N-dealkylation sites (tertiary alicyclic amines) is 1. The molecule has 0 amide bonds. The first-order valence-corrected chi connectivity index (χ1v) is 7.32. The number of hydrogen-bond donors (Lipinski definition) is 0. The molecule has 1 aromatic rings. The first-order valence-electron chi connectivity index (χ1n) is 7.32. The summed E-state index contributed by atoms with van der Waals surface area (Å²) in [5, 5.41) is 0. The van der Waals surface area contributed by atoms with E-state index < -0.39 is 0 Å². The molecule has 1 aliphatic rings. The SMILES string of the molecule is Cc1ccc(C)c(C(=O)CN2CC(C)CCC2C)c1. The molecule has 1 aliphatic heterocycles. The predicted octanol–water partition coefficient (Wildman–Crippen LogP) is 3.61. The van der Waals surface area contributed by atoms with Crippen molar-refractivity contribution in [2.75, 3.05) is 13.1 Å². The Morgan fingerprint density at radius 1 is 1.26 bits per heavy atom. The zero-order chi connectivity index (χ0) is 14.0. The molecule has 2 rings (SSSR count). The van der Waals surface area contributed by atoms with E-state index in [4.69, 9.17) is 0 Å². The van der Waals surface area contributed by atoms with Crippen LogP contribution in [0.4, 0.5) is 0 Å². The fourth-order valence-corrected chi connectivity index (χ4v) is 2.91. The van der Waals surface area contributed by atoms with E-state index in [9.17, 15) is 4.79 Å². The lowest BCUT2D eigenvalue weighted by molar-refractivity contribution is 0.0804. The van der Waals surface area contributed by atoms with Crippen LogP contribution >= 0.6 is 0 Å². The van der Waals surface area contributed by atoms with Crippen molar-refractivity contribution in [1.82, 2.24) is 4.90 Å². The number of Topliss-reactive ketones (excluding diaryl/α,β-unsaturated/α-hetero) is 1. The van der Waals surface area contributed by atoms with Gasteiger partial charge in [0.05, 0.1) is 6.54 Å². The number of nitrogens with zero attached hydrogens (tertiary/aromatic N) is 1. The normalized spacial score (nSPS) is 24.4. The second-order valence-corrected chi connectivity index (χ2v) is 6.20. The van der Waals surface area contributed by atoms with Crippen LogP contribution in [0.25, 0.3) is 0 Å². The average Bonchev–Trinajstić information content (AvgIpc) is 2.36. The largest absolute Gasteiger partial charge is 0.293 e. The fraction of sp³-hybridized carbons (Fsp3) is 0.588. The van der Waals surface area contributed by atoms with Gasteiger partial charge in [-0.2, -0.15) is 0 Å². The van der Waals surface area contributed by atoms with Gasteiger partial charge < -0.3 is 0 Å². The molecule has 2 unspecified atom stereocenters. The van der Waals surface area contributed by atoms with Crippen LogP contribution in [0.15, 0.2) is 18.2 Å². The van der Waals surface area contributed by atoms with Crippen molar-refractivity contribution < 1.29 is 4.79 Å². The molecule has 2 heteroatoms. The average molecular weight is 259 g/mol. The summed E-state index contributed by atoms with van der Waals surface area (Å²) >= 11 is 0.